The summed E-state index contributed by atoms with van der Waals surface area (Å²) in [7, 11) is 0. The van der Waals surface area contributed by atoms with Crippen LogP contribution in [-0.2, 0) is 0 Å². The van der Waals surface area contributed by atoms with Gasteiger partial charge < -0.3 is 15.3 Å². The molecule has 0 aliphatic carbocycles. The average Bonchev–Trinajstić information content (AvgIpc) is 2.84. The van der Waals surface area contributed by atoms with E-state index in [-0.39, 0.29) is 13.2 Å². The lowest BCUT2D eigenvalue weighted by molar-refractivity contribution is 0.186. The fourth-order valence-electron chi connectivity index (χ4n) is 4.43. The molecule has 0 saturated carbocycles. The van der Waals surface area contributed by atoms with Gasteiger partial charge in [-0.2, -0.15) is 0 Å². The maximum atomic E-state index is 8.75. The van der Waals surface area contributed by atoms with Gasteiger partial charge in [-0.05, 0) is 6.42 Å². The topological polar surface area (TPSA) is 60.7 Å². The van der Waals surface area contributed by atoms with E-state index in [9.17, 15) is 0 Å². The van der Waals surface area contributed by atoms with E-state index in [4.69, 9.17) is 15.3 Å². The Hall–Kier alpha value is -0.120. The van der Waals surface area contributed by atoms with Crippen LogP contribution in [0.2, 0.25) is 0 Å². The van der Waals surface area contributed by atoms with Crippen molar-refractivity contribution in [1.29, 1.82) is 0 Å². The summed E-state index contributed by atoms with van der Waals surface area (Å²) in [5, 5.41) is 24.0. The number of hydrogen-bond acceptors (Lipinski definition) is 3. The zero-order valence-electron chi connectivity index (χ0n) is 22.8. The third kappa shape index (κ3) is 39.4. The highest BCUT2D eigenvalue weighted by atomic mass is 16.3. The third-order valence-corrected chi connectivity index (χ3v) is 6.61. The van der Waals surface area contributed by atoms with Crippen LogP contribution in [0.25, 0.3) is 0 Å². The first-order chi connectivity index (χ1) is 16.3. The van der Waals surface area contributed by atoms with Crippen LogP contribution in [-0.4, -0.2) is 35.1 Å². The minimum absolute atomic E-state index is 0.125. The third-order valence-electron chi connectivity index (χ3n) is 6.61. The normalized spacial score (nSPS) is 10.9. The van der Waals surface area contributed by atoms with Gasteiger partial charge in [-0.3, -0.25) is 0 Å². The molecule has 33 heavy (non-hydrogen) atoms. The van der Waals surface area contributed by atoms with E-state index in [2.05, 4.69) is 6.92 Å². The van der Waals surface area contributed by atoms with Crippen LogP contribution in [0.1, 0.15) is 174 Å². The largest absolute Gasteiger partial charge is 0.396 e. The highest BCUT2D eigenvalue weighted by molar-refractivity contribution is 4.51. The zero-order valence-corrected chi connectivity index (χ0v) is 22.8. The zero-order chi connectivity index (χ0) is 24.5. The molecule has 3 nitrogen and oxygen atoms in total. The van der Waals surface area contributed by atoms with Crippen LogP contribution < -0.4 is 0 Å². The van der Waals surface area contributed by atoms with Gasteiger partial charge in [-0.1, -0.05) is 167 Å². The summed E-state index contributed by atoms with van der Waals surface area (Å²) in [6.07, 6.45) is 37.1. The van der Waals surface area contributed by atoms with E-state index in [0.717, 1.165) is 6.42 Å². The molecule has 0 amide bonds. The fraction of sp³-hybridized carbons (Fsp3) is 1.00. The van der Waals surface area contributed by atoms with Gasteiger partial charge in [0.25, 0.3) is 0 Å². The molecule has 0 atom stereocenters. The molecule has 3 heteroatoms. The molecule has 0 heterocycles. The molecule has 0 fully saturated rings. The molecule has 0 aromatic carbocycles. The SMILES string of the molecule is CCCCCCCCCCCCCCCCCCCCCCCCCCCCO.OCCO. The highest BCUT2D eigenvalue weighted by Gasteiger charge is 1.96. The molecule has 0 aromatic rings. The van der Waals surface area contributed by atoms with Gasteiger partial charge in [-0.25, -0.2) is 0 Å². The quantitative estimate of drug-likeness (QED) is 0.104. The summed E-state index contributed by atoms with van der Waals surface area (Å²) in [6, 6.07) is 0. The lowest BCUT2D eigenvalue weighted by atomic mass is 10.0. The van der Waals surface area contributed by atoms with Crippen molar-refractivity contribution in [2.75, 3.05) is 19.8 Å². The Labute approximate surface area is 209 Å². The fourth-order valence-corrected chi connectivity index (χ4v) is 4.43. The minimum Gasteiger partial charge on any atom is -0.396 e. The molecule has 3 N–H and O–H groups in total. The Morgan fingerprint density at radius 1 is 0.242 bits per heavy atom. The summed E-state index contributed by atoms with van der Waals surface area (Å²) < 4.78 is 0. The monoisotopic (exact) mass is 472 g/mol. The molecule has 0 bridgehead atoms. The second-order valence-corrected chi connectivity index (χ2v) is 10.0. The Balaban J connectivity index is 0. The molecule has 0 aromatic heterocycles. The van der Waals surface area contributed by atoms with Gasteiger partial charge >= 0.3 is 0 Å². The standard InChI is InChI=1S/C28H58O.C2H6O2/c1-2-3-4-5-6-7-8-9-10-11-12-13-14-15-16-17-18-19-20-21-22-23-24-25-26-27-28-29;3-1-2-4/h29H,2-28H2,1H3;3-4H,1-2H2. The number of unbranched alkanes of at least 4 members (excludes halogenated alkanes) is 25. The summed E-state index contributed by atoms with van der Waals surface area (Å²) in [4.78, 5) is 0. The Bertz CT molecular complexity index is 268. The first kappa shape index (κ1) is 35.0. The van der Waals surface area contributed by atoms with E-state index in [1.165, 1.54) is 161 Å². The van der Waals surface area contributed by atoms with E-state index in [1.54, 1.807) is 0 Å². The Kier molecular flexibility index (Phi) is 38.7. The summed E-state index contributed by atoms with van der Waals surface area (Å²) in [5.74, 6) is 0. The first-order valence-corrected chi connectivity index (χ1v) is 15.2. The molecule has 202 valence electrons. The van der Waals surface area contributed by atoms with Crippen LogP contribution in [0, 0.1) is 0 Å². The second kappa shape index (κ2) is 36.4. The van der Waals surface area contributed by atoms with Crippen molar-refractivity contribution in [3.63, 3.8) is 0 Å². The van der Waals surface area contributed by atoms with Crippen LogP contribution in [0.5, 0.6) is 0 Å². The van der Waals surface area contributed by atoms with Crippen LogP contribution in [0.15, 0.2) is 0 Å². The molecule has 0 saturated heterocycles. The maximum Gasteiger partial charge on any atom is 0.0662 e. The van der Waals surface area contributed by atoms with Gasteiger partial charge in [-0.15, -0.1) is 0 Å². The van der Waals surface area contributed by atoms with Crippen LogP contribution in [0.4, 0.5) is 0 Å². The molecular formula is C30H64O3. The van der Waals surface area contributed by atoms with Gasteiger partial charge in [0, 0.05) is 6.61 Å². The van der Waals surface area contributed by atoms with E-state index in [1.807, 2.05) is 0 Å². The van der Waals surface area contributed by atoms with Crippen LogP contribution in [0.3, 0.4) is 0 Å². The van der Waals surface area contributed by atoms with Crippen molar-refractivity contribution < 1.29 is 15.3 Å². The summed E-state index contributed by atoms with van der Waals surface area (Å²) >= 11 is 0. The molecule has 0 radical (unpaired) electrons. The summed E-state index contributed by atoms with van der Waals surface area (Å²) in [6.45, 7) is 2.42. The van der Waals surface area contributed by atoms with Gasteiger partial charge in [0.2, 0.25) is 0 Å². The molecule has 0 aliphatic heterocycles. The molecule has 0 rings (SSSR count). The predicted molar refractivity (Wildman–Crippen MR) is 147 cm³/mol. The smallest absolute Gasteiger partial charge is 0.0662 e. The highest BCUT2D eigenvalue weighted by Crippen LogP contribution is 2.15. The van der Waals surface area contributed by atoms with Crippen molar-refractivity contribution >= 4 is 0 Å². The van der Waals surface area contributed by atoms with Crippen molar-refractivity contribution in [2.45, 2.75) is 174 Å². The molecular weight excluding hydrogens is 408 g/mol. The Morgan fingerprint density at radius 3 is 0.576 bits per heavy atom. The van der Waals surface area contributed by atoms with Crippen molar-refractivity contribution in [1.82, 2.24) is 0 Å². The number of aliphatic hydroxyl groups excluding tert-OH is 3. The minimum atomic E-state index is -0.125. The van der Waals surface area contributed by atoms with Gasteiger partial charge in [0.05, 0.1) is 13.2 Å². The summed E-state index contributed by atoms with van der Waals surface area (Å²) in [5.41, 5.74) is 0. The van der Waals surface area contributed by atoms with Crippen molar-refractivity contribution in [2.24, 2.45) is 0 Å². The van der Waals surface area contributed by atoms with E-state index >= 15 is 0 Å². The van der Waals surface area contributed by atoms with Gasteiger partial charge in [0.15, 0.2) is 0 Å². The lowest BCUT2D eigenvalue weighted by Gasteiger charge is -2.04. The van der Waals surface area contributed by atoms with Gasteiger partial charge in [0.1, 0.15) is 0 Å². The molecule has 0 unspecified atom stereocenters. The first-order valence-electron chi connectivity index (χ1n) is 15.2. The lowest BCUT2D eigenvalue weighted by Crippen LogP contribution is -1.85. The van der Waals surface area contributed by atoms with Crippen LogP contribution >= 0.6 is 0 Å². The van der Waals surface area contributed by atoms with E-state index < -0.39 is 0 Å². The predicted octanol–water partition coefficient (Wildman–Crippen LogP) is 9.11. The molecule has 0 spiro atoms. The molecule has 0 aliphatic rings. The number of hydrogen-bond donors (Lipinski definition) is 3. The average molecular weight is 473 g/mol. The van der Waals surface area contributed by atoms with Crippen molar-refractivity contribution in [3.8, 4) is 0 Å². The van der Waals surface area contributed by atoms with Crippen molar-refractivity contribution in [3.05, 3.63) is 0 Å². The Morgan fingerprint density at radius 2 is 0.424 bits per heavy atom. The maximum absolute atomic E-state index is 8.75. The number of rotatable bonds is 27. The second-order valence-electron chi connectivity index (χ2n) is 10.0. The number of aliphatic hydroxyl groups is 3. The van der Waals surface area contributed by atoms with E-state index in [0.29, 0.717) is 6.61 Å².